The molecular formula is C20H21N3O2. The number of benzene rings is 2. The highest BCUT2D eigenvalue weighted by atomic mass is 16.2. The quantitative estimate of drug-likeness (QED) is 0.893. The van der Waals surface area contributed by atoms with E-state index < -0.39 is 0 Å². The first kappa shape index (κ1) is 15.8. The Morgan fingerprint density at radius 1 is 1.12 bits per heavy atom. The van der Waals surface area contributed by atoms with Crippen molar-refractivity contribution in [2.45, 2.75) is 19.0 Å². The van der Waals surface area contributed by atoms with Crippen molar-refractivity contribution >= 4 is 11.8 Å². The van der Waals surface area contributed by atoms with Crippen molar-refractivity contribution in [2.24, 2.45) is 0 Å². The number of hydrogen-bond donors (Lipinski definition) is 2. The van der Waals surface area contributed by atoms with Crippen molar-refractivity contribution in [1.82, 2.24) is 15.5 Å². The first-order valence-corrected chi connectivity index (χ1v) is 8.67. The lowest BCUT2D eigenvalue weighted by atomic mass is 9.94. The Balaban J connectivity index is 1.35. The number of carbonyl (C=O) groups is 2. The number of nitrogens with one attached hydrogen (secondary N) is 2. The summed E-state index contributed by atoms with van der Waals surface area (Å²) < 4.78 is 0. The van der Waals surface area contributed by atoms with E-state index in [9.17, 15) is 9.59 Å². The second kappa shape index (κ2) is 6.69. The van der Waals surface area contributed by atoms with Gasteiger partial charge in [0.15, 0.2) is 0 Å². The maximum absolute atomic E-state index is 12.3. The van der Waals surface area contributed by atoms with Gasteiger partial charge in [0, 0.05) is 24.7 Å². The van der Waals surface area contributed by atoms with Crippen molar-refractivity contribution in [3.05, 3.63) is 70.8 Å². The Morgan fingerprint density at radius 3 is 2.72 bits per heavy atom. The predicted molar refractivity (Wildman–Crippen MR) is 95.1 cm³/mol. The molecule has 1 unspecified atom stereocenters. The van der Waals surface area contributed by atoms with E-state index in [1.807, 2.05) is 30.3 Å². The summed E-state index contributed by atoms with van der Waals surface area (Å²) in [6.07, 6.45) is 1.02. The molecule has 5 nitrogen and oxygen atoms in total. The predicted octanol–water partition coefficient (Wildman–Crippen LogP) is 1.65. The minimum Gasteiger partial charge on any atom is -0.353 e. The lowest BCUT2D eigenvalue weighted by Crippen LogP contribution is -2.42. The van der Waals surface area contributed by atoms with Crippen LogP contribution in [-0.4, -0.2) is 36.3 Å². The Kier molecular flexibility index (Phi) is 4.24. The average molecular weight is 335 g/mol. The van der Waals surface area contributed by atoms with Gasteiger partial charge in [-0.3, -0.25) is 9.59 Å². The molecule has 0 bridgehead atoms. The highest BCUT2D eigenvalue weighted by Crippen LogP contribution is 2.23. The van der Waals surface area contributed by atoms with Gasteiger partial charge in [0.1, 0.15) is 6.54 Å². The minimum atomic E-state index is -0.119. The van der Waals surface area contributed by atoms with Crippen molar-refractivity contribution in [1.29, 1.82) is 0 Å². The molecule has 0 radical (unpaired) electrons. The van der Waals surface area contributed by atoms with Crippen LogP contribution in [0, 0.1) is 0 Å². The van der Waals surface area contributed by atoms with Crippen molar-refractivity contribution in [3.63, 3.8) is 0 Å². The third-order valence-corrected chi connectivity index (χ3v) is 4.95. The van der Waals surface area contributed by atoms with Crippen LogP contribution in [0.1, 0.15) is 33.1 Å². The van der Waals surface area contributed by atoms with E-state index >= 15 is 0 Å². The molecule has 5 heteroatoms. The van der Waals surface area contributed by atoms with Crippen LogP contribution in [0.15, 0.2) is 48.5 Å². The standard InChI is InChI=1S/C20H21N3O2/c24-19(13-23-12-15-6-2-4-8-17(15)20(23)25)22-11-18-16-7-3-1-5-14(16)9-10-21-18/h1-8,18,21H,9-13H2,(H,22,24). The largest absolute Gasteiger partial charge is 0.353 e. The van der Waals surface area contributed by atoms with Crippen LogP contribution in [0.5, 0.6) is 0 Å². The molecule has 2 aliphatic heterocycles. The van der Waals surface area contributed by atoms with Crippen LogP contribution in [-0.2, 0) is 17.8 Å². The van der Waals surface area contributed by atoms with Gasteiger partial charge in [0.25, 0.3) is 5.91 Å². The van der Waals surface area contributed by atoms with Gasteiger partial charge in [-0.25, -0.2) is 0 Å². The molecule has 4 rings (SSSR count). The number of amides is 2. The Hall–Kier alpha value is -2.66. The first-order chi connectivity index (χ1) is 12.2. The van der Waals surface area contributed by atoms with Crippen LogP contribution < -0.4 is 10.6 Å². The molecule has 128 valence electrons. The fourth-order valence-corrected chi connectivity index (χ4v) is 3.66. The molecule has 2 aliphatic rings. The lowest BCUT2D eigenvalue weighted by Gasteiger charge is -2.27. The SMILES string of the molecule is O=C(CN1Cc2ccccc2C1=O)NCC1NCCc2ccccc21. The zero-order chi connectivity index (χ0) is 17.2. The van der Waals surface area contributed by atoms with Gasteiger partial charge < -0.3 is 15.5 Å². The van der Waals surface area contributed by atoms with E-state index in [1.165, 1.54) is 11.1 Å². The summed E-state index contributed by atoms with van der Waals surface area (Å²) in [5, 5.41) is 6.42. The van der Waals surface area contributed by atoms with Crippen LogP contribution >= 0.6 is 0 Å². The van der Waals surface area contributed by atoms with E-state index in [1.54, 1.807) is 4.90 Å². The lowest BCUT2D eigenvalue weighted by molar-refractivity contribution is -0.121. The maximum atomic E-state index is 12.3. The molecule has 2 heterocycles. The summed E-state index contributed by atoms with van der Waals surface area (Å²) >= 11 is 0. The third-order valence-electron chi connectivity index (χ3n) is 4.95. The molecule has 25 heavy (non-hydrogen) atoms. The second-order valence-electron chi connectivity index (χ2n) is 6.58. The highest BCUT2D eigenvalue weighted by molar-refractivity contribution is 6.00. The minimum absolute atomic E-state index is 0.0631. The maximum Gasteiger partial charge on any atom is 0.254 e. The third kappa shape index (κ3) is 3.15. The molecule has 0 saturated heterocycles. The van der Waals surface area contributed by atoms with Gasteiger partial charge in [-0.05, 0) is 35.7 Å². The van der Waals surface area contributed by atoms with E-state index in [0.29, 0.717) is 18.7 Å². The Labute approximate surface area is 147 Å². The normalized spacial score (nSPS) is 18.6. The summed E-state index contributed by atoms with van der Waals surface area (Å²) in [4.78, 5) is 26.3. The zero-order valence-electron chi connectivity index (χ0n) is 14.0. The van der Waals surface area contributed by atoms with Crippen LogP contribution in [0.25, 0.3) is 0 Å². The molecule has 1 atom stereocenters. The number of nitrogens with zero attached hydrogens (tertiary/aromatic N) is 1. The highest BCUT2D eigenvalue weighted by Gasteiger charge is 2.28. The molecular weight excluding hydrogens is 314 g/mol. The molecule has 0 saturated carbocycles. The van der Waals surface area contributed by atoms with Gasteiger partial charge in [-0.15, -0.1) is 0 Å². The average Bonchev–Trinajstić information content (AvgIpc) is 2.96. The second-order valence-corrected chi connectivity index (χ2v) is 6.58. The van der Waals surface area contributed by atoms with Crippen molar-refractivity contribution in [3.8, 4) is 0 Å². The van der Waals surface area contributed by atoms with Gasteiger partial charge in [-0.1, -0.05) is 42.5 Å². The number of rotatable bonds is 4. The molecule has 0 fully saturated rings. The monoisotopic (exact) mass is 335 g/mol. The Bertz CT molecular complexity index is 818. The summed E-state index contributed by atoms with van der Waals surface area (Å²) in [5.41, 5.74) is 4.28. The Morgan fingerprint density at radius 2 is 1.88 bits per heavy atom. The zero-order valence-corrected chi connectivity index (χ0v) is 14.0. The van der Waals surface area contributed by atoms with Gasteiger partial charge >= 0.3 is 0 Å². The molecule has 2 N–H and O–H groups in total. The van der Waals surface area contributed by atoms with E-state index in [2.05, 4.69) is 28.8 Å². The summed E-state index contributed by atoms with van der Waals surface area (Å²) in [7, 11) is 0. The van der Waals surface area contributed by atoms with Gasteiger partial charge in [0.2, 0.25) is 5.91 Å². The smallest absolute Gasteiger partial charge is 0.254 e. The summed E-state index contributed by atoms with van der Waals surface area (Å²) in [5.74, 6) is -0.183. The molecule has 2 aromatic carbocycles. The molecule has 0 aromatic heterocycles. The summed E-state index contributed by atoms with van der Waals surface area (Å²) in [6, 6.07) is 16.0. The fourth-order valence-electron chi connectivity index (χ4n) is 3.66. The topological polar surface area (TPSA) is 61.4 Å². The first-order valence-electron chi connectivity index (χ1n) is 8.67. The van der Waals surface area contributed by atoms with E-state index in [-0.39, 0.29) is 24.4 Å². The number of fused-ring (bicyclic) bond motifs is 2. The molecule has 2 aromatic rings. The van der Waals surface area contributed by atoms with Crippen LogP contribution in [0.4, 0.5) is 0 Å². The van der Waals surface area contributed by atoms with Gasteiger partial charge in [-0.2, -0.15) is 0 Å². The molecule has 0 aliphatic carbocycles. The fraction of sp³-hybridized carbons (Fsp3) is 0.300. The van der Waals surface area contributed by atoms with Crippen molar-refractivity contribution < 1.29 is 9.59 Å². The van der Waals surface area contributed by atoms with Gasteiger partial charge in [0.05, 0.1) is 0 Å². The molecule has 0 spiro atoms. The number of hydrogen-bond acceptors (Lipinski definition) is 3. The van der Waals surface area contributed by atoms with Crippen LogP contribution in [0.2, 0.25) is 0 Å². The molecule has 2 amide bonds. The van der Waals surface area contributed by atoms with E-state index in [0.717, 1.165) is 18.5 Å². The number of carbonyl (C=O) groups excluding carboxylic acids is 2. The summed E-state index contributed by atoms with van der Waals surface area (Å²) in [6.45, 7) is 2.05. The van der Waals surface area contributed by atoms with Crippen LogP contribution in [0.3, 0.4) is 0 Å². The van der Waals surface area contributed by atoms with E-state index in [4.69, 9.17) is 0 Å². The van der Waals surface area contributed by atoms with Crippen molar-refractivity contribution in [2.75, 3.05) is 19.6 Å².